The van der Waals surface area contributed by atoms with Crippen molar-refractivity contribution in [3.05, 3.63) is 28.3 Å². The number of rotatable bonds is 4. The third-order valence-electron chi connectivity index (χ3n) is 3.23. The van der Waals surface area contributed by atoms with Crippen molar-refractivity contribution >= 4 is 23.3 Å². The summed E-state index contributed by atoms with van der Waals surface area (Å²) >= 11 is 1.39. The lowest BCUT2D eigenvalue weighted by molar-refractivity contribution is -0.384. The van der Waals surface area contributed by atoms with Gasteiger partial charge in [0.15, 0.2) is 0 Å². The van der Waals surface area contributed by atoms with Crippen LogP contribution in [-0.4, -0.2) is 24.6 Å². The highest BCUT2D eigenvalue weighted by Crippen LogP contribution is 2.35. The number of nitrogens with zero attached hydrogens (tertiary/aromatic N) is 2. The van der Waals surface area contributed by atoms with E-state index in [0.717, 1.165) is 30.0 Å². The minimum absolute atomic E-state index is 0.198. The van der Waals surface area contributed by atoms with E-state index in [1.54, 1.807) is 13.1 Å². The van der Waals surface area contributed by atoms with E-state index in [1.165, 1.54) is 11.9 Å². The molecule has 0 spiro atoms. The van der Waals surface area contributed by atoms with Gasteiger partial charge in [-0.2, -0.15) is 0 Å². The fraction of sp³-hybridized carbons (Fsp3) is 0.500. The average molecular weight is 267 g/mol. The quantitative estimate of drug-likeness (QED) is 0.516. The molecule has 98 valence electrons. The van der Waals surface area contributed by atoms with Crippen molar-refractivity contribution in [2.24, 2.45) is 0 Å². The normalized spacial score (nSPS) is 19.2. The second-order valence-corrected chi connectivity index (χ2v) is 5.48. The minimum atomic E-state index is -0.292. The number of benzene rings is 1. The van der Waals surface area contributed by atoms with Gasteiger partial charge in [0.1, 0.15) is 5.69 Å². The Morgan fingerprint density at radius 2 is 2.33 bits per heavy atom. The van der Waals surface area contributed by atoms with Crippen LogP contribution in [-0.2, 0) is 0 Å². The van der Waals surface area contributed by atoms with Crippen LogP contribution in [0.4, 0.5) is 11.4 Å². The van der Waals surface area contributed by atoms with Crippen molar-refractivity contribution < 1.29 is 4.92 Å². The molecule has 18 heavy (non-hydrogen) atoms. The van der Waals surface area contributed by atoms with E-state index >= 15 is 0 Å². The zero-order chi connectivity index (χ0) is 13.1. The molecular weight excluding hydrogens is 250 g/mol. The summed E-state index contributed by atoms with van der Waals surface area (Å²) in [5, 5.41) is 11.2. The lowest BCUT2D eigenvalue weighted by Gasteiger charge is -2.23. The summed E-state index contributed by atoms with van der Waals surface area (Å²) in [6.07, 6.45) is 2.20. The Morgan fingerprint density at radius 3 is 2.89 bits per heavy atom. The fourth-order valence-electron chi connectivity index (χ4n) is 2.36. The Kier molecular flexibility index (Phi) is 4.08. The molecule has 0 bridgehead atoms. The van der Waals surface area contributed by atoms with Crippen molar-refractivity contribution in [3.8, 4) is 0 Å². The number of nitrogens with one attached hydrogen (secondary N) is 1. The van der Waals surface area contributed by atoms with Crippen molar-refractivity contribution in [3.63, 3.8) is 0 Å². The molecule has 1 fully saturated rings. The number of anilines is 1. The SMILES string of the molecule is CNSc1ccc(N2CCCC2C)c([N+](=O)[O-])c1. The highest BCUT2D eigenvalue weighted by Gasteiger charge is 2.27. The topological polar surface area (TPSA) is 58.4 Å². The second-order valence-electron chi connectivity index (χ2n) is 4.40. The summed E-state index contributed by atoms with van der Waals surface area (Å²) < 4.78 is 2.93. The maximum atomic E-state index is 11.2. The van der Waals surface area contributed by atoms with Gasteiger partial charge in [-0.3, -0.25) is 14.8 Å². The number of nitro groups is 1. The molecule has 2 rings (SSSR count). The zero-order valence-electron chi connectivity index (χ0n) is 10.5. The van der Waals surface area contributed by atoms with Gasteiger partial charge in [0.25, 0.3) is 5.69 Å². The maximum absolute atomic E-state index is 11.2. The monoisotopic (exact) mass is 267 g/mol. The summed E-state index contributed by atoms with van der Waals surface area (Å²) in [5.41, 5.74) is 0.939. The molecule has 1 aliphatic heterocycles. The van der Waals surface area contributed by atoms with Crippen LogP contribution in [0.2, 0.25) is 0 Å². The molecule has 0 aliphatic carbocycles. The first-order valence-corrected chi connectivity index (χ1v) is 6.84. The summed E-state index contributed by atoms with van der Waals surface area (Å²) in [4.78, 5) is 13.9. The molecule has 0 aromatic heterocycles. The van der Waals surface area contributed by atoms with Gasteiger partial charge in [-0.1, -0.05) is 0 Å². The fourth-order valence-corrected chi connectivity index (χ4v) is 2.91. The second kappa shape index (κ2) is 5.58. The lowest BCUT2D eigenvalue weighted by atomic mass is 10.2. The molecular formula is C12H17N3O2S. The van der Waals surface area contributed by atoms with Gasteiger partial charge in [-0.25, -0.2) is 0 Å². The van der Waals surface area contributed by atoms with Crippen LogP contribution in [0.15, 0.2) is 23.1 Å². The van der Waals surface area contributed by atoms with Crippen LogP contribution in [0.1, 0.15) is 19.8 Å². The first-order valence-electron chi connectivity index (χ1n) is 6.02. The van der Waals surface area contributed by atoms with Crippen molar-refractivity contribution in [2.75, 3.05) is 18.5 Å². The van der Waals surface area contributed by atoms with Crippen LogP contribution >= 0.6 is 11.9 Å². The van der Waals surface area contributed by atoms with E-state index in [-0.39, 0.29) is 10.6 Å². The molecule has 1 aromatic rings. The molecule has 1 saturated heterocycles. The van der Waals surface area contributed by atoms with Crippen LogP contribution in [0.3, 0.4) is 0 Å². The van der Waals surface area contributed by atoms with Crippen LogP contribution in [0, 0.1) is 10.1 Å². The first-order chi connectivity index (χ1) is 8.63. The van der Waals surface area contributed by atoms with Crippen molar-refractivity contribution in [1.29, 1.82) is 0 Å². The average Bonchev–Trinajstić information content (AvgIpc) is 2.76. The summed E-state index contributed by atoms with van der Waals surface area (Å²) in [5.74, 6) is 0. The lowest BCUT2D eigenvalue weighted by Crippen LogP contribution is -2.26. The van der Waals surface area contributed by atoms with Crippen LogP contribution < -0.4 is 9.62 Å². The molecule has 0 radical (unpaired) electrons. The molecule has 0 amide bonds. The summed E-state index contributed by atoms with van der Waals surface area (Å²) in [6, 6.07) is 5.81. The Bertz CT molecular complexity index is 453. The third-order valence-corrected chi connectivity index (χ3v) is 3.92. The van der Waals surface area contributed by atoms with Gasteiger partial charge in [-0.15, -0.1) is 0 Å². The van der Waals surface area contributed by atoms with Crippen molar-refractivity contribution in [1.82, 2.24) is 4.72 Å². The van der Waals surface area contributed by atoms with Gasteiger partial charge in [0.2, 0.25) is 0 Å². The van der Waals surface area contributed by atoms with E-state index in [2.05, 4.69) is 16.5 Å². The highest BCUT2D eigenvalue weighted by atomic mass is 32.2. The van der Waals surface area contributed by atoms with Gasteiger partial charge in [0, 0.05) is 23.5 Å². The smallest absolute Gasteiger partial charge is 0.293 e. The zero-order valence-corrected chi connectivity index (χ0v) is 11.4. The molecule has 1 unspecified atom stereocenters. The van der Waals surface area contributed by atoms with E-state index < -0.39 is 0 Å². The Balaban J connectivity index is 2.37. The van der Waals surface area contributed by atoms with Crippen molar-refractivity contribution in [2.45, 2.75) is 30.7 Å². The minimum Gasteiger partial charge on any atom is -0.363 e. The van der Waals surface area contributed by atoms with E-state index in [9.17, 15) is 10.1 Å². The van der Waals surface area contributed by atoms with Gasteiger partial charge in [0.05, 0.1) is 4.92 Å². The summed E-state index contributed by atoms with van der Waals surface area (Å²) in [7, 11) is 1.80. The predicted molar refractivity (Wildman–Crippen MR) is 74.1 cm³/mol. The molecule has 1 aromatic carbocycles. The van der Waals surface area contributed by atoms with Gasteiger partial charge < -0.3 is 4.90 Å². The maximum Gasteiger partial charge on any atom is 0.293 e. The number of nitro benzene ring substituents is 1. The number of hydrogen-bond donors (Lipinski definition) is 1. The molecule has 1 N–H and O–H groups in total. The molecule has 5 nitrogen and oxygen atoms in total. The van der Waals surface area contributed by atoms with E-state index in [4.69, 9.17) is 0 Å². The highest BCUT2D eigenvalue weighted by molar-refractivity contribution is 7.97. The van der Waals surface area contributed by atoms with Crippen LogP contribution in [0.25, 0.3) is 0 Å². The molecule has 6 heteroatoms. The van der Waals surface area contributed by atoms with Gasteiger partial charge in [-0.05, 0) is 50.9 Å². The Labute approximate surface area is 111 Å². The van der Waals surface area contributed by atoms with Crippen LogP contribution in [0.5, 0.6) is 0 Å². The molecule has 1 heterocycles. The first kappa shape index (κ1) is 13.2. The molecule has 0 saturated carbocycles. The van der Waals surface area contributed by atoms with E-state index in [1.807, 2.05) is 12.1 Å². The molecule has 1 aliphatic rings. The van der Waals surface area contributed by atoms with Gasteiger partial charge >= 0.3 is 0 Å². The largest absolute Gasteiger partial charge is 0.363 e. The number of hydrogen-bond acceptors (Lipinski definition) is 5. The standard InChI is InChI=1S/C12H17N3O2S/c1-9-4-3-7-14(9)11-6-5-10(18-13-2)8-12(11)15(16)17/h5-6,8-9,13H,3-4,7H2,1-2H3. The Hall–Kier alpha value is -1.27. The molecule has 1 atom stereocenters. The third kappa shape index (κ3) is 2.59. The Morgan fingerprint density at radius 1 is 1.56 bits per heavy atom. The van der Waals surface area contributed by atoms with E-state index in [0.29, 0.717) is 6.04 Å². The summed E-state index contributed by atoms with van der Waals surface area (Å²) in [6.45, 7) is 3.02. The predicted octanol–water partition coefficient (Wildman–Crippen LogP) is 2.81.